The number of carbonyl (C=O) groups excluding carboxylic acids is 3. The summed E-state index contributed by atoms with van der Waals surface area (Å²) < 4.78 is 5.73. The molecule has 1 aliphatic rings. The Labute approximate surface area is 214 Å². The molecule has 3 atom stereocenters. The second-order valence-electron chi connectivity index (χ2n) is 10.3. The summed E-state index contributed by atoms with van der Waals surface area (Å²) in [5, 5.41) is 17.1. The van der Waals surface area contributed by atoms with Crippen molar-refractivity contribution in [2.75, 3.05) is 6.54 Å². The lowest BCUT2D eigenvalue weighted by Gasteiger charge is -2.37. The number of phenols is 1. The third kappa shape index (κ3) is 8.55. The van der Waals surface area contributed by atoms with Crippen molar-refractivity contribution in [1.82, 2.24) is 21.1 Å². The Hall–Kier alpha value is -3.07. The molecule has 0 saturated carbocycles. The van der Waals surface area contributed by atoms with Gasteiger partial charge in [0, 0.05) is 18.9 Å². The summed E-state index contributed by atoms with van der Waals surface area (Å²) in [4.78, 5) is 39.3. The molecule has 1 saturated heterocycles. The lowest BCUT2D eigenvalue weighted by atomic mass is 9.99. The molecule has 0 radical (unpaired) electrons. The van der Waals surface area contributed by atoms with E-state index < -0.39 is 18.0 Å². The topological polar surface area (TPSA) is 120 Å². The first-order valence-corrected chi connectivity index (χ1v) is 12.7. The van der Waals surface area contributed by atoms with Crippen molar-refractivity contribution in [3.63, 3.8) is 0 Å². The molecule has 1 aromatic rings. The van der Waals surface area contributed by atoms with Crippen molar-refractivity contribution in [1.29, 1.82) is 0 Å². The zero-order chi connectivity index (χ0) is 27.0. The summed E-state index contributed by atoms with van der Waals surface area (Å²) in [7, 11) is 0. The van der Waals surface area contributed by atoms with Crippen LogP contribution in [0.15, 0.2) is 36.6 Å². The molecule has 4 N–H and O–H groups in total. The van der Waals surface area contributed by atoms with Crippen LogP contribution in [0.4, 0.5) is 0 Å². The van der Waals surface area contributed by atoms with Crippen LogP contribution in [0.3, 0.4) is 0 Å². The van der Waals surface area contributed by atoms with Crippen molar-refractivity contribution >= 4 is 17.7 Å². The molecule has 0 aliphatic carbocycles. The molecule has 0 bridgehead atoms. The number of hydrogen-bond donors (Lipinski definition) is 4. The Kier molecular flexibility index (Phi) is 10.8. The highest BCUT2D eigenvalue weighted by Gasteiger charge is 2.34. The van der Waals surface area contributed by atoms with E-state index in [4.69, 9.17) is 4.74 Å². The van der Waals surface area contributed by atoms with Gasteiger partial charge in [0.05, 0.1) is 12.1 Å². The number of phenolic OH excluding ortho intramolecular Hbond substituents is 1. The van der Waals surface area contributed by atoms with Gasteiger partial charge in [-0.1, -0.05) is 46.4 Å². The quantitative estimate of drug-likeness (QED) is 0.346. The van der Waals surface area contributed by atoms with E-state index in [-0.39, 0.29) is 48.0 Å². The molecule has 1 fully saturated rings. The lowest BCUT2D eigenvalue weighted by Crippen LogP contribution is -2.61. The Morgan fingerprint density at radius 1 is 1.14 bits per heavy atom. The molecule has 36 heavy (non-hydrogen) atoms. The van der Waals surface area contributed by atoms with Gasteiger partial charge < -0.3 is 20.5 Å². The molecular weight excluding hydrogens is 460 g/mol. The van der Waals surface area contributed by atoms with Crippen LogP contribution in [0, 0.1) is 11.8 Å². The van der Waals surface area contributed by atoms with Gasteiger partial charge in [0.15, 0.2) is 0 Å². The van der Waals surface area contributed by atoms with Crippen molar-refractivity contribution in [2.24, 2.45) is 11.8 Å². The molecule has 1 aliphatic heterocycles. The monoisotopic (exact) mass is 502 g/mol. The predicted molar refractivity (Wildman–Crippen MR) is 139 cm³/mol. The first kappa shape index (κ1) is 29.2. The minimum atomic E-state index is -0.915. The zero-order valence-electron chi connectivity index (χ0n) is 22.3. The molecule has 1 heterocycles. The molecule has 0 spiro atoms. The predicted octanol–water partition coefficient (Wildman–Crippen LogP) is 2.65. The van der Waals surface area contributed by atoms with Crippen LogP contribution in [-0.2, 0) is 25.5 Å². The van der Waals surface area contributed by atoms with Gasteiger partial charge in [-0.05, 0) is 50.3 Å². The average Bonchev–Trinajstić information content (AvgIpc) is 2.80. The third-order valence-electron chi connectivity index (χ3n) is 5.96. The van der Waals surface area contributed by atoms with E-state index in [0.717, 1.165) is 12.8 Å². The SMILES string of the molecule is C=C(OC(C)C)C1CCCN(C(=O)C(Cc2cccc(O)c2)NC(=O)C(NC(=O)C(C)C)C(C)C)N1. The first-order chi connectivity index (χ1) is 16.9. The molecule has 9 nitrogen and oxygen atoms in total. The van der Waals surface area contributed by atoms with E-state index in [0.29, 0.717) is 17.9 Å². The number of hydrogen-bond acceptors (Lipinski definition) is 6. The third-order valence-corrected chi connectivity index (χ3v) is 5.96. The van der Waals surface area contributed by atoms with Crippen LogP contribution < -0.4 is 16.1 Å². The molecule has 0 aromatic heterocycles. The fourth-order valence-corrected chi connectivity index (χ4v) is 3.99. The number of rotatable bonds is 11. The smallest absolute Gasteiger partial charge is 0.259 e. The molecular formula is C27H42N4O5. The first-order valence-electron chi connectivity index (χ1n) is 12.7. The summed E-state index contributed by atoms with van der Waals surface area (Å²) in [6.07, 6.45) is 1.66. The van der Waals surface area contributed by atoms with Crippen LogP contribution in [0.1, 0.15) is 59.9 Å². The standard InChI is InChI=1S/C27H42N4O5/c1-16(2)24(29-25(33)17(3)4)26(34)28-23(15-20-10-8-11-21(32)14-20)27(35)31-13-9-12-22(30-31)19(7)36-18(5)6/h8,10-11,14,16-18,22-24,30,32H,7,9,12-13,15H2,1-6H3,(H,28,34)(H,29,33). The Morgan fingerprint density at radius 2 is 1.83 bits per heavy atom. The minimum absolute atomic E-state index is 0.0304. The highest BCUT2D eigenvalue weighted by atomic mass is 16.5. The van der Waals surface area contributed by atoms with Gasteiger partial charge in [0.2, 0.25) is 11.8 Å². The minimum Gasteiger partial charge on any atom is -0.508 e. The summed E-state index contributed by atoms with van der Waals surface area (Å²) in [6.45, 7) is 15.5. The van der Waals surface area contributed by atoms with E-state index in [2.05, 4.69) is 22.6 Å². The largest absolute Gasteiger partial charge is 0.508 e. The number of amides is 3. The van der Waals surface area contributed by atoms with Gasteiger partial charge in [-0.15, -0.1) is 0 Å². The number of carbonyl (C=O) groups is 3. The fraction of sp³-hybridized carbons (Fsp3) is 0.593. The van der Waals surface area contributed by atoms with Crippen LogP contribution in [0.25, 0.3) is 0 Å². The molecule has 3 unspecified atom stereocenters. The van der Waals surface area contributed by atoms with E-state index in [9.17, 15) is 19.5 Å². The fourth-order valence-electron chi connectivity index (χ4n) is 3.99. The van der Waals surface area contributed by atoms with E-state index in [1.54, 1.807) is 38.1 Å². The van der Waals surface area contributed by atoms with Crippen LogP contribution in [-0.4, -0.2) is 58.6 Å². The maximum Gasteiger partial charge on any atom is 0.259 e. The van der Waals surface area contributed by atoms with Gasteiger partial charge in [-0.3, -0.25) is 19.4 Å². The van der Waals surface area contributed by atoms with Crippen molar-refractivity contribution in [3.05, 3.63) is 42.2 Å². The highest BCUT2D eigenvalue weighted by molar-refractivity contribution is 5.92. The summed E-state index contributed by atoms with van der Waals surface area (Å²) in [5.41, 5.74) is 3.89. The highest BCUT2D eigenvalue weighted by Crippen LogP contribution is 2.19. The Balaban J connectivity index is 2.25. The van der Waals surface area contributed by atoms with Crippen LogP contribution >= 0.6 is 0 Å². The second kappa shape index (κ2) is 13.3. The van der Waals surface area contributed by atoms with Gasteiger partial charge >= 0.3 is 0 Å². The summed E-state index contributed by atoms with van der Waals surface area (Å²) >= 11 is 0. The van der Waals surface area contributed by atoms with Gasteiger partial charge in [-0.25, -0.2) is 5.43 Å². The van der Waals surface area contributed by atoms with E-state index >= 15 is 0 Å². The summed E-state index contributed by atoms with van der Waals surface area (Å²) in [6, 6.07) is 4.66. The molecule has 200 valence electrons. The van der Waals surface area contributed by atoms with Gasteiger partial charge in [0.1, 0.15) is 23.6 Å². The number of nitrogens with zero attached hydrogens (tertiary/aromatic N) is 1. The molecule has 9 heteroatoms. The van der Waals surface area contributed by atoms with E-state index in [1.807, 2.05) is 27.7 Å². The number of ether oxygens (including phenoxy) is 1. The second-order valence-corrected chi connectivity index (χ2v) is 10.3. The Bertz CT molecular complexity index is 930. The van der Waals surface area contributed by atoms with Crippen molar-refractivity contribution in [3.8, 4) is 5.75 Å². The zero-order valence-corrected chi connectivity index (χ0v) is 22.3. The number of benzene rings is 1. The van der Waals surface area contributed by atoms with Gasteiger partial charge in [0.25, 0.3) is 5.91 Å². The maximum atomic E-state index is 13.7. The maximum absolute atomic E-state index is 13.7. The Morgan fingerprint density at radius 3 is 2.42 bits per heavy atom. The van der Waals surface area contributed by atoms with Crippen LogP contribution in [0.2, 0.25) is 0 Å². The molecule has 2 rings (SSSR count). The lowest BCUT2D eigenvalue weighted by molar-refractivity contribution is -0.142. The van der Waals surface area contributed by atoms with E-state index in [1.165, 1.54) is 5.01 Å². The number of nitrogens with one attached hydrogen (secondary N) is 3. The summed E-state index contributed by atoms with van der Waals surface area (Å²) in [5.74, 6) is -0.800. The molecule has 3 amide bonds. The van der Waals surface area contributed by atoms with Crippen molar-refractivity contribution in [2.45, 2.75) is 85.0 Å². The van der Waals surface area contributed by atoms with Gasteiger partial charge in [-0.2, -0.15) is 0 Å². The number of hydrazine groups is 1. The number of aromatic hydroxyl groups is 1. The molecule has 1 aromatic carbocycles. The van der Waals surface area contributed by atoms with Crippen LogP contribution in [0.5, 0.6) is 5.75 Å². The van der Waals surface area contributed by atoms with Crippen molar-refractivity contribution < 1.29 is 24.2 Å². The normalized spacial score (nSPS) is 17.6. The average molecular weight is 503 g/mol.